The lowest BCUT2D eigenvalue weighted by molar-refractivity contribution is -0.156. The van der Waals surface area contributed by atoms with E-state index in [-0.39, 0.29) is 18.7 Å². The van der Waals surface area contributed by atoms with Gasteiger partial charge >= 0.3 is 5.97 Å². The van der Waals surface area contributed by atoms with Crippen molar-refractivity contribution in [2.45, 2.75) is 45.3 Å². The smallest absolute Gasteiger partial charge is 0.323 e. The third-order valence-electron chi connectivity index (χ3n) is 4.01. The summed E-state index contributed by atoms with van der Waals surface area (Å²) >= 11 is 0. The number of ether oxygens (including phenoxy) is 7. The Morgan fingerprint density at radius 1 is 0.800 bits per heavy atom. The summed E-state index contributed by atoms with van der Waals surface area (Å²) in [5.74, 6) is 1.69. The van der Waals surface area contributed by atoms with Crippen molar-refractivity contribution in [3.8, 4) is 12.3 Å². The van der Waals surface area contributed by atoms with Crippen LogP contribution < -0.4 is 11.1 Å². The number of terminal acetylenes is 1. The summed E-state index contributed by atoms with van der Waals surface area (Å²) in [6.45, 7) is 11.0. The lowest BCUT2D eigenvalue weighted by Gasteiger charge is -2.22. The van der Waals surface area contributed by atoms with Crippen molar-refractivity contribution in [1.82, 2.24) is 5.32 Å². The van der Waals surface area contributed by atoms with Crippen LogP contribution in [0.1, 0.15) is 33.6 Å². The molecule has 11 nitrogen and oxygen atoms in total. The van der Waals surface area contributed by atoms with E-state index in [0.717, 1.165) is 0 Å². The number of rotatable bonds is 23. The van der Waals surface area contributed by atoms with E-state index in [1.165, 1.54) is 0 Å². The van der Waals surface area contributed by atoms with Crippen molar-refractivity contribution in [2.75, 3.05) is 85.8 Å². The highest BCUT2D eigenvalue weighted by atomic mass is 16.6. The fourth-order valence-electron chi connectivity index (χ4n) is 2.36. The van der Waals surface area contributed by atoms with Gasteiger partial charge in [-0.25, -0.2) is 0 Å². The molecule has 0 bridgehead atoms. The van der Waals surface area contributed by atoms with Gasteiger partial charge in [0, 0.05) is 13.0 Å². The Bertz CT molecular complexity index is 576. The van der Waals surface area contributed by atoms with Crippen LogP contribution in [-0.2, 0) is 42.7 Å². The first-order valence-electron chi connectivity index (χ1n) is 11.9. The fourth-order valence-corrected chi connectivity index (χ4v) is 2.36. The molecule has 0 spiro atoms. The minimum absolute atomic E-state index is 0.144. The molecule has 3 N–H and O–H groups in total. The molecule has 0 aromatic heterocycles. The van der Waals surface area contributed by atoms with Crippen LogP contribution in [0.4, 0.5) is 0 Å². The monoisotopic (exact) mass is 504 g/mol. The Morgan fingerprint density at radius 2 is 1.23 bits per heavy atom. The molecule has 0 saturated carbocycles. The molecule has 35 heavy (non-hydrogen) atoms. The Kier molecular flexibility index (Phi) is 21.5. The second-order valence-corrected chi connectivity index (χ2v) is 8.35. The summed E-state index contributed by atoms with van der Waals surface area (Å²) in [4.78, 5) is 23.6. The molecule has 0 saturated heterocycles. The van der Waals surface area contributed by atoms with Gasteiger partial charge in [-0.15, -0.1) is 6.42 Å². The molecule has 0 aliphatic heterocycles. The Hall–Kier alpha value is -1.78. The van der Waals surface area contributed by atoms with Gasteiger partial charge in [0.05, 0.1) is 72.7 Å². The number of amides is 1. The summed E-state index contributed by atoms with van der Waals surface area (Å²) in [6, 6.07) is -0.819. The SMILES string of the molecule is C#CCOCCOCCOCCOCCOCCOCCNC(=O)CC[C@@H](N)C(=O)OC(C)(C)C. The number of esters is 1. The predicted molar refractivity (Wildman–Crippen MR) is 130 cm³/mol. The average molecular weight is 505 g/mol. The predicted octanol–water partition coefficient (Wildman–Crippen LogP) is 0.285. The first kappa shape index (κ1) is 33.2. The van der Waals surface area contributed by atoms with Crippen LogP contribution in [0.15, 0.2) is 0 Å². The number of hydrogen-bond acceptors (Lipinski definition) is 10. The van der Waals surface area contributed by atoms with Gasteiger partial charge in [-0.1, -0.05) is 5.92 Å². The van der Waals surface area contributed by atoms with Crippen LogP contribution in [0.2, 0.25) is 0 Å². The molecule has 0 rings (SSSR count). The Labute approximate surface area is 209 Å². The summed E-state index contributed by atoms with van der Waals surface area (Å²) < 4.78 is 37.1. The van der Waals surface area contributed by atoms with Crippen LogP contribution in [-0.4, -0.2) is 109 Å². The molecule has 1 amide bonds. The van der Waals surface area contributed by atoms with Gasteiger partial charge < -0.3 is 44.2 Å². The van der Waals surface area contributed by atoms with E-state index in [4.69, 9.17) is 45.3 Å². The van der Waals surface area contributed by atoms with Crippen LogP contribution in [0, 0.1) is 12.3 Å². The van der Waals surface area contributed by atoms with Gasteiger partial charge in [0.15, 0.2) is 0 Å². The van der Waals surface area contributed by atoms with Gasteiger partial charge in [-0.2, -0.15) is 0 Å². The molecule has 0 unspecified atom stereocenters. The third kappa shape index (κ3) is 25.1. The maximum atomic E-state index is 11.8. The van der Waals surface area contributed by atoms with E-state index in [1.54, 1.807) is 20.8 Å². The van der Waals surface area contributed by atoms with E-state index < -0.39 is 17.6 Å². The van der Waals surface area contributed by atoms with Gasteiger partial charge in [0.25, 0.3) is 0 Å². The lowest BCUT2D eigenvalue weighted by atomic mass is 10.1. The van der Waals surface area contributed by atoms with Crippen LogP contribution in [0.3, 0.4) is 0 Å². The van der Waals surface area contributed by atoms with Crippen molar-refractivity contribution >= 4 is 11.9 Å². The van der Waals surface area contributed by atoms with Gasteiger partial charge in [0.1, 0.15) is 18.2 Å². The Morgan fingerprint density at radius 3 is 1.66 bits per heavy atom. The molecule has 0 aromatic rings. The highest BCUT2D eigenvalue weighted by molar-refractivity contribution is 5.79. The first-order chi connectivity index (χ1) is 16.8. The molecular formula is C24H44N2O9. The molecule has 11 heteroatoms. The van der Waals surface area contributed by atoms with Crippen molar-refractivity contribution in [2.24, 2.45) is 5.73 Å². The normalized spacial score (nSPS) is 12.2. The molecular weight excluding hydrogens is 460 g/mol. The summed E-state index contributed by atoms with van der Waals surface area (Å²) in [5, 5.41) is 2.72. The zero-order valence-electron chi connectivity index (χ0n) is 21.5. The molecule has 204 valence electrons. The van der Waals surface area contributed by atoms with E-state index in [2.05, 4.69) is 11.2 Å². The topological polar surface area (TPSA) is 137 Å². The summed E-state index contributed by atoms with van der Waals surface area (Å²) in [6.07, 6.45) is 5.43. The molecule has 0 heterocycles. The van der Waals surface area contributed by atoms with Crippen LogP contribution in [0.25, 0.3) is 0 Å². The van der Waals surface area contributed by atoms with Crippen molar-refractivity contribution < 1.29 is 42.7 Å². The average Bonchev–Trinajstić information content (AvgIpc) is 2.80. The Balaban J connectivity index is 3.32. The van der Waals surface area contributed by atoms with Crippen molar-refractivity contribution in [3.63, 3.8) is 0 Å². The van der Waals surface area contributed by atoms with E-state index in [1.807, 2.05) is 0 Å². The van der Waals surface area contributed by atoms with E-state index in [0.29, 0.717) is 85.8 Å². The molecule has 0 aliphatic rings. The lowest BCUT2D eigenvalue weighted by Crippen LogP contribution is -2.38. The highest BCUT2D eigenvalue weighted by Gasteiger charge is 2.22. The molecule has 0 radical (unpaired) electrons. The standard InChI is InChI=1S/C24H44N2O9/c1-5-9-29-11-13-31-15-17-33-19-20-34-18-16-32-14-12-30-10-8-26-22(27)7-6-21(25)23(28)35-24(2,3)4/h1,21H,6-20,25H2,2-4H3,(H,26,27)/t21-/m1/s1. The molecule has 0 fully saturated rings. The molecule has 0 aliphatic carbocycles. The van der Waals surface area contributed by atoms with Crippen molar-refractivity contribution in [1.29, 1.82) is 0 Å². The van der Waals surface area contributed by atoms with Gasteiger partial charge in [0.2, 0.25) is 5.91 Å². The maximum Gasteiger partial charge on any atom is 0.323 e. The third-order valence-corrected chi connectivity index (χ3v) is 4.01. The largest absolute Gasteiger partial charge is 0.459 e. The molecule has 0 aromatic carbocycles. The number of nitrogens with one attached hydrogen (secondary N) is 1. The van der Waals surface area contributed by atoms with Crippen LogP contribution in [0.5, 0.6) is 0 Å². The van der Waals surface area contributed by atoms with Gasteiger partial charge in [-0.3, -0.25) is 9.59 Å². The molecule has 1 atom stereocenters. The van der Waals surface area contributed by atoms with E-state index >= 15 is 0 Å². The summed E-state index contributed by atoms with van der Waals surface area (Å²) in [5.41, 5.74) is 5.16. The number of carbonyl (C=O) groups excluding carboxylic acids is 2. The van der Waals surface area contributed by atoms with Gasteiger partial charge in [-0.05, 0) is 27.2 Å². The van der Waals surface area contributed by atoms with E-state index in [9.17, 15) is 9.59 Å². The van der Waals surface area contributed by atoms with Crippen molar-refractivity contribution in [3.05, 3.63) is 0 Å². The zero-order chi connectivity index (χ0) is 26.2. The minimum Gasteiger partial charge on any atom is -0.459 e. The number of carbonyl (C=O) groups is 2. The summed E-state index contributed by atoms with van der Waals surface area (Å²) in [7, 11) is 0. The quantitative estimate of drug-likeness (QED) is 0.113. The second kappa shape index (κ2) is 22.7. The zero-order valence-corrected chi connectivity index (χ0v) is 21.5. The first-order valence-corrected chi connectivity index (χ1v) is 11.9. The second-order valence-electron chi connectivity index (χ2n) is 8.35. The fraction of sp³-hybridized carbons (Fsp3) is 0.833. The minimum atomic E-state index is -0.819. The highest BCUT2D eigenvalue weighted by Crippen LogP contribution is 2.09. The number of nitrogens with two attached hydrogens (primary N) is 1. The number of hydrogen-bond donors (Lipinski definition) is 2. The van der Waals surface area contributed by atoms with Crippen LogP contribution >= 0.6 is 0 Å². The maximum absolute atomic E-state index is 11.8.